The number of nitrogens with zero attached hydrogens (tertiary/aromatic N) is 1. The van der Waals surface area contributed by atoms with Crippen molar-refractivity contribution in [1.82, 2.24) is 3.97 Å². The summed E-state index contributed by atoms with van der Waals surface area (Å²) in [7, 11) is -4.07. The molecule has 0 amide bonds. The summed E-state index contributed by atoms with van der Waals surface area (Å²) in [6.07, 6.45) is 1.27. The molecular formula is C26H21NO4S. The van der Waals surface area contributed by atoms with Gasteiger partial charge in [-0.2, -0.15) is 0 Å². The van der Waals surface area contributed by atoms with E-state index in [9.17, 15) is 18.0 Å². The molecule has 0 atom stereocenters. The molecule has 0 bridgehead atoms. The zero-order valence-electron chi connectivity index (χ0n) is 17.6. The van der Waals surface area contributed by atoms with Gasteiger partial charge in [0, 0.05) is 11.8 Å². The van der Waals surface area contributed by atoms with E-state index in [2.05, 4.69) is 0 Å². The lowest BCUT2D eigenvalue weighted by Crippen LogP contribution is -2.14. The summed E-state index contributed by atoms with van der Waals surface area (Å²) in [5.74, 6) is -0.799. The molecule has 160 valence electrons. The quantitative estimate of drug-likeness (QED) is 0.387. The van der Waals surface area contributed by atoms with E-state index < -0.39 is 15.8 Å². The second-order valence-electron chi connectivity index (χ2n) is 7.50. The van der Waals surface area contributed by atoms with Crippen LogP contribution >= 0.6 is 0 Å². The normalized spacial score (nSPS) is 11.3. The maximum atomic E-state index is 13.6. The van der Waals surface area contributed by atoms with Gasteiger partial charge in [0.15, 0.2) is 11.6 Å². The van der Waals surface area contributed by atoms with Crippen molar-refractivity contribution >= 4 is 21.6 Å². The minimum absolute atomic E-state index is 0.0539. The minimum Gasteiger partial charge on any atom is -0.294 e. The minimum atomic E-state index is -4.07. The molecule has 0 aliphatic rings. The highest BCUT2D eigenvalue weighted by molar-refractivity contribution is 7.90. The number of hydrogen-bond acceptors (Lipinski definition) is 4. The predicted octanol–water partition coefficient (Wildman–Crippen LogP) is 5.13. The molecule has 0 radical (unpaired) electrons. The number of carbonyl (C=O) groups excluding carboxylic acids is 2. The van der Waals surface area contributed by atoms with Gasteiger partial charge in [0.2, 0.25) is 0 Å². The summed E-state index contributed by atoms with van der Waals surface area (Å²) in [6, 6.07) is 23.7. The summed E-state index contributed by atoms with van der Waals surface area (Å²) >= 11 is 0. The molecule has 0 fully saturated rings. The first-order valence-corrected chi connectivity index (χ1v) is 11.5. The number of Topliss-reactive ketones (excluding diaryl/α,β-unsaturated/α-hetero) is 1. The molecule has 0 spiro atoms. The van der Waals surface area contributed by atoms with E-state index in [0.717, 1.165) is 9.54 Å². The third-order valence-corrected chi connectivity index (χ3v) is 6.90. The van der Waals surface area contributed by atoms with Crippen molar-refractivity contribution in [3.05, 3.63) is 113 Å². The molecule has 0 saturated heterocycles. The van der Waals surface area contributed by atoms with Gasteiger partial charge in [-0.15, -0.1) is 0 Å². The smallest absolute Gasteiger partial charge is 0.268 e. The van der Waals surface area contributed by atoms with Crippen molar-refractivity contribution in [2.75, 3.05) is 0 Å². The van der Waals surface area contributed by atoms with Crippen LogP contribution in [0.4, 0.5) is 0 Å². The van der Waals surface area contributed by atoms with Crippen LogP contribution in [0.2, 0.25) is 0 Å². The highest BCUT2D eigenvalue weighted by Gasteiger charge is 2.30. The number of rotatable bonds is 6. The number of ketones is 2. The fraction of sp³-hybridized carbons (Fsp3) is 0.0769. The topological polar surface area (TPSA) is 73.2 Å². The first-order chi connectivity index (χ1) is 15.3. The van der Waals surface area contributed by atoms with Crippen molar-refractivity contribution in [2.45, 2.75) is 18.7 Å². The summed E-state index contributed by atoms with van der Waals surface area (Å²) in [5.41, 5.74) is 2.14. The maximum Gasteiger partial charge on any atom is 0.268 e. The SMILES string of the molecule is CC(=O)c1c(C(=O)c2ccccc2)cn(S(=O)(=O)c2ccc(C)cc2)c1-c1ccccc1. The van der Waals surface area contributed by atoms with E-state index in [0.29, 0.717) is 11.1 Å². The number of hydrogen-bond donors (Lipinski definition) is 0. The Morgan fingerprint density at radius 3 is 1.91 bits per heavy atom. The molecule has 4 rings (SSSR count). The molecule has 5 nitrogen and oxygen atoms in total. The Morgan fingerprint density at radius 2 is 1.34 bits per heavy atom. The first-order valence-electron chi connectivity index (χ1n) is 10.0. The molecule has 32 heavy (non-hydrogen) atoms. The predicted molar refractivity (Wildman–Crippen MR) is 124 cm³/mol. The van der Waals surface area contributed by atoms with Gasteiger partial charge in [-0.3, -0.25) is 9.59 Å². The van der Waals surface area contributed by atoms with Crippen molar-refractivity contribution in [3.8, 4) is 11.3 Å². The number of aryl methyl sites for hydroxylation is 1. The second-order valence-corrected chi connectivity index (χ2v) is 9.31. The lowest BCUT2D eigenvalue weighted by atomic mass is 9.97. The van der Waals surface area contributed by atoms with Crippen LogP contribution in [0.25, 0.3) is 11.3 Å². The van der Waals surface area contributed by atoms with Crippen molar-refractivity contribution in [1.29, 1.82) is 0 Å². The highest BCUT2D eigenvalue weighted by atomic mass is 32.2. The second kappa shape index (κ2) is 8.40. The van der Waals surface area contributed by atoms with E-state index in [-0.39, 0.29) is 27.5 Å². The lowest BCUT2D eigenvalue weighted by Gasteiger charge is -2.12. The van der Waals surface area contributed by atoms with Crippen LogP contribution in [-0.2, 0) is 10.0 Å². The zero-order chi connectivity index (χ0) is 22.9. The van der Waals surface area contributed by atoms with Gasteiger partial charge in [0.1, 0.15) is 0 Å². The fourth-order valence-electron chi connectivity index (χ4n) is 3.64. The maximum absolute atomic E-state index is 13.6. The van der Waals surface area contributed by atoms with Crippen LogP contribution in [0, 0.1) is 6.92 Å². The average Bonchev–Trinajstić information content (AvgIpc) is 3.22. The fourth-order valence-corrected chi connectivity index (χ4v) is 5.03. The molecule has 6 heteroatoms. The molecule has 0 N–H and O–H groups in total. The lowest BCUT2D eigenvalue weighted by molar-refractivity contribution is 0.0991. The van der Waals surface area contributed by atoms with E-state index in [1.165, 1.54) is 25.3 Å². The first kappa shape index (κ1) is 21.5. The number of aromatic nitrogens is 1. The zero-order valence-corrected chi connectivity index (χ0v) is 18.5. The molecule has 1 aromatic heterocycles. The van der Waals surface area contributed by atoms with Crippen LogP contribution in [0.1, 0.15) is 38.8 Å². The van der Waals surface area contributed by atoms with E-state index in [4.69, 9.17) is 0 Å². The Morgan fingerprint density at radius 1 is 0.781 bits per heavy atom. The summed E-state index contributed by atoms with van der Waals surface area (Å²) in [5, 5.41) is 0. The van der Waals surface area contributed by atoms with E-state index in [1.807, 2.05) is 6.92 Å². The number of benzene rings is 3. The molecule has 0 aliphatic heterocycles. The van der Waals surface area contributed by atoms with Crippen molar-refractivity contribution in [3.63, 3.8) is 0 Å². The van der Waals surface area contributed by atoms with Gasteiger partial charge in [-0.1, -0.05) is 78.4 Å². The molecule has 0 aliphatic carbocycles. The monoisotopic (exact) mass is 443 g/mol. The Balaban J connectivity index is 2.04. The van der Waals surface area contributed by atoms with Gasteiger partial charge in [0.05, 0.1) is 21.7 Å². The van der Waals surface area contributed by atoms with Gasteiger partial charge >= 0.3 is 0 Å². The van der Waals surface area contributed by atoms with Gasteiger partial charge < -0.3 is 0 Å². The molecule has 0 unspecified atom stereocenters. The van der Waals surface area contributed by atoms with Gasteiger partial charge in [-0.25, -0.2) is 12.4 Å². The summed E-state index contributed by atoms with van der Waals surface area (Å²) in [4.78, 5) is 26.1. The third-order valence-electron chi connectivity index (χ3n) is 5.23. The Labute approximate surface area is 187 Å². The van der Waals surface area contributed by atoms with Crippen molar-refractivity contribution < 1.29 is 18.0 Å². The van der Waals surface area contributed by atoms with Gasteiger partial charge in [0.25, 0.3) is 10.0 Å². The van der Waals surface area contributed by atoms with Crippen LogP contribution < -0.4 is 0 Å². The molecule has 3 aromatic carbocycles. The number of carbonyl (C=O) groups is 2. The molecule has 1 heterocycles. The Hall–Kier alpha value is -3.77. The largest absolute Gasteiger partial charge is 0.294 e. The summed E-state index contributed by atoms with van der Waals surface area (Å²) in [6.45, 7) is 3.21. The van der Waals surface area contributed by atoms with Crippen LogP contribution in [0.15, 0.2) is 96.0 Å². The van der Waals surface area contributed by atoms with Crippen LogP contribution in [-0.4, -0.2) is 24.0 Å². The average molecular weight is 444 g/mol. The summed E-state index contributed by atoms with van der Waals surface area (Å²) < 4.78 is 28.3. The van der Waals surface area contributed by atoms with E-state index >= 15 is 0 Å². The third kappa shape index (κ3) is 3.81. The molecular weight excluding hydrogens is 422 g/mol. The van der Waals surface area contributed by atoms with Crippen LogP contribution in [0.5, 0.6) is 0 Å². The van der Waals surface area contributed by atoms with E-state index in [1.54, 1.807) is 72.8 Å². The Bertz CT molecular complexity index is 1400. The molecule has 0 saturated carbocycles. The van der Waals surface area contributed by atoms with Crippen molar-refractivity contribution in [2.24, 2.45) is 0 Å². The van der Waals surface area contributed by atoms with Gasteiger partial charge in [-0.05, 0) is 31.5 Å². The highest BCUT2D eigenvalue weighted by Crippen LogP contribution is 2.33. The standard InChI is InChI=1S/C26H21NO4S/c1-18-13-15-22(16-14-18)32(30,31)27-17-23(26(29)21-11-7-4-8-12-21)24(19(2)28)25(27)20-9-5-3-6-10-20/h3-17H,1-2H3. The van der Waals surface area contributed by atoms with Crippen LogP contribution in [0.3, 0.4) is 0 Å². The molecule has 4 aromatic rings. The Kier molecular flexibility index (Phi) is 5.63.